The molecule has 1 atom stereocenters. The predicted octanol–water partition coefficient (Wildman–Crippen LogP) is 2.98. The van der Waals surface area contributed by atoms with E-state index >= 15 is 0 Å². The maximum absolute atomic E-state index is 9.99. The van der Waals surface area contributed by atoms with E-state index < -0.39 is 6.10 Å². The van der Waals surface area contributed by atoms with Crippen molar-refractivity contribution in [2.45, 2.75) is 13.0 Å². The number of anilines is 1. The molecule has 0 radical (unpaired) electrons. The van der Waals surface area contributed by atoms with Gasteiger partial charge in [0.25, 0.3) is 0 Å². The molecular weight excluding hydrogens is 326 g/mol. The minimum atomic E-state index is -0.542. The third-order valence-electron chi connectivity index (χ3n) is 4.03. The quantitative estimate of drug-likeness (QED) is 0.517. The largest absolute Gasteiger partial charge is 0.491 e. The standard InChI is InChI=1S/C21H25N3O2/c1-16-13-21(19-9-5-6-10-20(19)24-16)23-12-11-22-14-17(25)15-26-18-7-3-2-4-8-18/h2-10,13,17,22,25H,11-12,14-15H2,1H3,(H,23,24). The molecule has 3 aromatic rings. The maximum Gasteiger partial charge on any atom is 0.119 e. The summed E-state index contributed by atoms with van der Waals surface area (Å²) < 4.78 is 5.54. The molecule has 1 heterocycles. The summed E-state index contributed by atoms with van der Waals surface area (Å²) >= 11 is 0. The van der Waals surface area contributed by atoms with E-state index in [2.05, 4.69) is 27.8 Å². The summed E-state index contributed by atoms with van der Waals surface area (Å²) in [5.41, 5.74) is 3.08. The zero-order chi connectivity index (χ0) is 18.2. The average molecular weight is 351 g/mol. The number of aliphatic hydroxyl groups is 1. The lowest BCUT2D eigenvalue weighted by molar-refractivity contribution is 0.107. The molecule has 3 rings (SSSR count). The van der Waals surface area contributed by atoms with Gasteiger partial charge in [-0.05, 0) is 31.2 Å². The maximum atomic E-state index is 9.99. The van der Waals surface area contributed by atoms with E-state index in [4.69, 9.17) is 4.74 Å². The normalized spacial score (nSPS) is 12.1. The molecule has 5 nitrogen and oxygen atoms in total. The molecule has 0 amide bonds. The molecule has 1 aromatic heterocycles. The van der Waals surface area contributed by atoms with Crippen LogP contribution in [0.25, 0.3) is 10.9 Å². The van der Waals surface area contributed by atoms with E-state index in [0.717, 1.165) is 41.1 Å². The van der Waals surface area contributed by atoms with Gasteiger partial charge in [-0.15, -0.1) is 0 Å². The molecule has 0 saturated carbocycles. The minimum Gasteiger partial charge on any atom is -0.491 e. The van der Waals surface area contributed by atoms with Crippen molar-refractivity contribution in [3.8, 4) is 5.75 Å². The van der Waals surface area contributed by atoms with E-state index in [9.17, 15) is 5.11 Å². The number of nitrogens with one attached hydrogen (secondary N) is 2. The van der Waals surface area contributed by atoms with Crippen molar-refractivity contribution in [1.29, 1.82) is 0 Å². The molecule has 0 bridgehead atoms. The Kier molecular flexibility index (Phi) is 6.41. The van der Waals surface area contributed by atoms with E-state index in [0.29, 0.717) is 6.54 Å². The van der Waals surface area contributed by atoms with Gasteiger partial charge in [0.1, 0.15) is 18.5 Å². The first kappa shape index (κ1) is 18.2. The van der Waals surface area contributed by atoms with Gasteiger partial charge in [0.15, 0.2) is 0 Å². The Balaban J connectivity index is 1.39. The van der Waals surface area contributed by atoms with Crippen LogP contribution < -0.4 is 15.4 Å². The third kappa shape index (κ3) is 5.18. The Morgan fingerprint density at radius 1 is 1.04 bits per heavy atom. The number of pyridine rings is 1. The number of hydrogen-bond acceptors (Lipinski definition) is 5. The second-order valence-corrected chi connectivity index (χ2v) is 6.24. The number of nitrogens with zero attached hydrogens (tertiary/aromatic N) is 1. The molecule has 5 heteroatoms. The van der Waals surface area contributed by atoms with E-state index in [1.165, 1.54) is 0 Å². The number of fused-ring (bicyclic) bond motifs is 1. The highest BCUT2D eigenvalue weighted by atomic mass is 16.5. The van der Waals surface area contributed by atoms with Crippen LogP contribution in [0.5, 0.6) is 5.75 Å². The van der Waals surface area contributed by atoms with Crippen LogP contribution in [0.1, 0.15) is 5.69 Å². The Labute approximate surface area is 154 Å². The number of benzene rings is 2. The van der Waals surface area contributed by atoms with E-state index in [1.54, 1.807) is 0 Å². The monoisotopic (exact) mass is 351 g/mol. The van der Waals surface area contributed by atoms with Crippen molar-refractivity contribution in [2.75, 3.05) is 31.6 Å². The summed E-state index contributed by atoms with van der Waals surface area (Å²) in [6.45, 7) is 4.28. The Bertz CT molecular complexity index is 824. The number of aromatic nitrogens is 1. The lowest BCUT2D eigenvalue weighted by Crippen LogP contribution is -2.34. The van der Waals surface area contributed by atoms with Gasteiger partial charge in [-0.3, -0.25) is 4.98 Å². The molecule has 3 N–H and O–H groups in total. The molecule has 136 valence electrons. The van der Waals surface area contributed by atoms with Crippen molar-refractivity contribution in [3.05, 3.63) is 66.4 Å². The van der Waals surface area contributed by atoms with Gasteiger partial charge in [-0.2, -0.15) is 0 Å². The van der Waals surface area contributed by atoms with Crippen molar-refractivity contribution in [1.82, 2.24) is 10.3 Å². The molecule has 0 aliphatic rings. The Hall–Kier alpha value is -2.63. The fourth-order valence-corrected chi connectivity index (χ4v) is 2.78. The van der Waals surface area contributed by atoms with Gasteiger partial charge in [-0.25, -0.2) is 0 Å². The van der Waals surface area contributed by atoms with E-state index in [1.807, 2.05) is 55.5 Å². The lowest BCUT2D eigenvalue weighted by atomic mass is 10.1. The van der Waals surface area contributed by atoms with Crippen molar-refractivity contribution >= 4 is 16.6 Å². The molecule has 0 aliphatic carbocycles. The van der Waals surface area contributed by atoms with Crippen LogP contribution in [0, 0.1) is 6.92 Å². The summed E-state index contributed by atoms with van der Waals surface area (Å²) in [4.78, 5) is 4.55. The fraction of sp³-hybridized carbons (Fsp3) is 0.286. The van der Waals surface area contributed by atoms with Gasteiger partial charge in [0.05, 0.1) is 5.52 Å². The molecule has 0 spiro atoms. The number of para-hydroxylation sites is 2. The summed E-state index contributed by atoms with van der Waals surface area (Å²) in [7, 11) is 0. The summed E-state index contributed by atoms with van der Waals surface area (Å²) in [6, 6.07) is 19.7. The zero-order valence-corrected chi connectivity index (χ0v) is 15.0. The topological polar surface area (TPSA) is 66.4 Å². The Morgan fingerprint density at radius 3 is 2.65 bits per heavy atom. The van der Waals surface area contributed by atoms with Gasteiger partial charge in [-0.1, -0.05) is 36.4 Å². The fourth-order valence-electron chi connectivity index (χ4n) is 2.78. The molecule has 1 unspecified atom stereocenters. The highest BCUT2D eigenvalue weighted by molar-refractivity contribution is 5.91. The number of rotatable bonds is 9. The highest BCUT2D eigenvalue weighted by Gasteiger charge is 2.05. The first-order valence-electron chi connectivity index (χ1n) is 8.89. The molecule has 0 saturated heterocycles. The van der Waals surface area contributed by atoms with E-state index in [-0.39, 0.29) is 6.61 Å². The van der Waals surface area contributed by atoms with Gasteiger partial charge < -0.3 is 20.5 Å². The van der Waals surface area contributed by atoms with Crippen molar-refractivity contribution in [3.63, 3.8) is 0 Å². The first-order valence-corrected chi connectivity index (χ1v) is 8.89. The predicted molar refractivity (Wildman–Crippen MR) is 106 cm³/mol. The molecule has 0 fully saturated rings. The van der Waals surface area contributed by atoms with Crippen LogP contribution in [0.4, 0.5) is 5.69 Å². The molecule has 2 aromatic carbocycles. The van der Waals surface area contributed by atoms with Crippen LogP contribution >= 0.6 is 0 Å². The summed E-state index contributed by atoms with van der Waals surface area (Å²) in [5.74, 6) is 0.771. The second kappa shape index (κ2) is 9.17. The average Bonchev–Trinajstić information content (AvgIpc) is 2.66. The van der Waals surface area contributed by atoms with Crippen molar-refractivity contribution < 1.29 is 9.84 Å². The SMILES string of the molecule is Cc1cc(NCCNCC(O)COc2ccccc2)c2ccccc2n1. The lowest BCUT2D eigenvalue weighted by Gasteiger charge is -2.14. The summed E-state index contributed by atoms with van der Waals surface area (Å²) in [6.07, 6.45) is -0.542. The third-order valence-corrected chi connectivity index (χ3v) is 4.03. The van der Waals surface area contributed by atoms with Gasteiger partial charge >= 0.3 is 0 Å². The van der Waals surface area contributed by atoms with Crippen LogP contribution in [0.3, 0.4) is 0 Å². The number of aliphatic hydroxyl groups excluding tert-OH is 1. The highest BCUT2D eigenvalue weighted by Crippen LogP contribution is 2.22. The number of hydrogen-bond donors (Lipinski definition) is 3. The van der Waals surface area contributed by atoms with Gasteiger partial charge in [0.2, 0.25) is 0 Å². The molecule has 26 heavy (non-hydrogen) atoms. The van der Waals surface area contributed by atoms with Crippen LogP contribution in [-0.2, 0) is 0 Å². The Morgan fingerprint density at radius 2 is 1.81 bits per heavy atom. The summed E-state index contributed by atoms with van der Waals surface area (Å²) in [5, 5.41) is 17.8. The number of ether oxygens (including phenoxy) is 1. The minimum absolute atomic E-state index is 0.276. The smallest absolute Gasteiger partial charge is 0.119 e. The van der Waals surface area contributed by atoms with Crippen LogP contribution in [0.15, 0.2) is 60.7 Å². The molecule has 0 aliphatic heterocycles. The molecular formula is C21H25N3O2. The van der Waals surface area contributed by atoms with Crippen molar-refractivity contribution in [2.24, 2.45) is 0 Å². The number of aryl methyl sites for hydroxylation is 1. The van der Waals surface area contributed by atoms with Crippen LogP contribution in [-0.4, -0.2) is 42.4 Å². The van der Waals surface area contributed by atoms with Crippen LogP contribution in [0.2, 0.25) is 0 Å². The first-order chi connectivity index (χ1) is 12.7. The second-order valence-electron chi connectivity index (χ2n) is 6.24. The van der Waals surface area contributed by atoms with Gasteiger partial charge in [0, 0.05) is 36.4 Å². The zero-order valence-electron chi connectivity index (χ0n) is 15.0.